The summed E-state index contributed by atoms with van der Waals surface area (Å²) < 4.78 is 28.9. The number of benzene rings is 2. The number of hydrogen-bond donors (Lipinski definition) is 1. The Kier molecular flexibility index (Phi) is 3.68. The van der Waals surface area contributed by atoms with E-state index in [0.717, 1.165) is 4.68 Å². The summed E-state index contributed by atoms with van der Waals surface area (Å²) in [4.78, 5) is 11.7. The van der Waals surface area contributed by atoms with Gasteiger partial charge in [0.15, 0.2) is 0 Å². The maximum absolute atomic E-state index is 13.9. The zero-order valence-electron chi connectivity index (χ0n) is 13.6. The van der Waals surface area contributed by atoms with Crippen molar-refractivity contribution in [3.05, 3.63) is 94.8 Å². The number of halogens is 2. The Hall–Kier alpha value is -3.28. The summed E-state index contributed by atoms with van der Waals surface area (Å²) in [5, 5.41) is 3.90. The Balaban J connectivity index is 1.96. The molecule has 0 saturated carbocycles. The summed E-state index contributed by atoms with van der Waals surface area (Å²) in [6, 6.07) is 11.5. The molecule has 1 radical (unpaired) electrons. The van der Waals surface area contributed by atoms with E-state index >= 15 is 0 Å². The number of primary amides is 1. The molecule has 0 bridgehead atoms. The fraction of sp³-hybridized carbons (Fsp3) is 0.100. The molecule has 4 nitrogen and oxygen atoms in total. The van der Waals surface area contributed by atoms with Crippen molar-refractivity contribution in [2.45, 2.75) is 11.8 Å². The zero-order valence-corrected chi connectivity index (χ0v) is 13.6. The quantitative estimate of drug-likeness (QED) is 0.770. The molecule has 3 aromatic rings. The lowest BCUT2D eigenvalue weighted by Crippen LogP contribution is -2.34. The van der Waals surface area contributed by atoms with Crippen LogP contribution in [-0.4, -0.2) is 15.8 Å². The molecular weight excluding hydrogens is 336 g/mol. The third-order valence-electron chi connectivity index (χ3n) is 4.71. The van der Waals surface area contributed by atoms with Gasteiger partial charge in [-0.1, -0.05) is 36.4 Å². The van der Waals surface area contributed by atoms with Gasteiger partial charge in [-0.2, -0.15) is 9.78 Å². The molecule has 0 unspecified atom stereocenters. The van der Waals surface area contributed by atoms with Crippen molar-refractivity contribution in [2.75, 3.05) is 0 Å². The fourth-order valence-electron chi connectivity index (χ4n) is 3.47. The topological polar surface area (TPSA) is 60.9 Å². The van der Waals surface area contributed by atoms with Crippen molar-refractivity contribution in [3.63, 3.8) is 0 Å². The second kappa shape index (κ2) is 5.91. The molecular formula is C20H14F2N3O. The van der Waals surface area contributed by atoms with Gasteiger partial charge >= 0.3 is 6.03 Å². The van der Waals surface area contributed by atoms with Gasteiger partial charge in [-0.3, -0.25) is 0 Å². The SMILES string of the molecule is NC(=O)n1n[c]c2c1CC(c1cccc(F)c1)(c1cccc(F)c1)C=C2. The number of carbonyl (C=O) groups excluding carboxylic acids is 1. The standard InChI is InChI=1S/C20H14F2N3O/c21-16-5-1-3-14(9-16)20(15-4-2-6-17(22)10-15)8-7-13-12-24-25(19(23)26)18(13)11-20/h1-10H,11H2,(H2,23,26). The lowest BCUT2D eigenvalue weighted by molar-refractivity contribution is 0.246. The number of aromatic nitrogens is 2. The van der Waals surface area contributed by atoms with Crippen molar-refractivity contribution in [3.8, 4) is 0 Å². The molecule has 1 aromatic heterocycles. The molecule has 1 heterocycles. The van der Waals surface area contributed by atoms with Crippen molar-refractivity contribution in [2.24, 2.45) is 5.73 Å². The first-order chi connectivity index (χ1) is 12.5. The Morgan fingerprint density at radius 2 is 1.73 bits per heavy atom. The largest absolute Gasteiger partial charge is 0.350 e. The van der Waals surface area contributed by atoms with Crippen molar-refractivity contribution in [1.29, 1.82) is 0 Å². The van der Waals surface area contributed by atoms with E-state index in [4.69, 9.17) is 5.73 Å². The average molecular weight is 350 g/mol. The monoisotopic (exact) mass is 350 g/mol. The van der Waals surface area contributed by atoms with Crippen LogP contribution in [0.15, 0.2) is 54.6 Å². The highest BCUT2D eigenvalue weighted by Gasteiger charge is 2.37. The van der Waals surface area contributed by atoms with Crippen LogP contribution in [0, 0.1) is 17.8 Å². The molecule has 2 N–H and O–H groups in total. The van der Waals surface area contributed by atoms with Gasteiger partial charge in [0, 0.05) is 17.4 Å². The molecule has 0 fully saturated rings. The predicted octanol–water partition coefficient (Wildman–Crippen LogP) is 3.44. The molecule has 2 aromatic carbocycles. The minimum Gasteiger partial charge on any atom is -0.350 e. The van der Waals surface area contributed by atoms with Crippen LogP contribution in [-0.2, 0) is 11.8 Å². The fourth-order valence-corrected chi connectivity index (χ4v) is 3.47. The number of fused-ring (bicyclic) bond motifs is 1. The third-order valence-corrected chi connectivity index (χ3v) is 4.71. The van der Waals surface area contributed by atoms with E-state index in [1.165, 1.54) is 24.3 Å². The smallest absolute Gasteiger partial charge is 0.339 e. The highest BCUT2D eigenvalue weighted by Crippen LogP contribution is 2.41. The Labute approximate surface area is 148 Å². The molecule has 0 saturated heterocycles. The second-order valence-corrected chi connectivity index (χ2v) is 6.22. The number of nitrogens with zero attached hydrogens (tertiary/aromatic N) is 2. The molecule has 129 valence electrons. The molecule has 1 aliphatic carbocycles. The van der Waals surface area contributed by atoms with Gasteiger partial charge in [0.1, 0.15) is 17.8 Å². The minimum absolute atomic E-state index is 0.269. The van der Waals surface area contributed by atoms with E-state index in [0.29, 0.717) is 22.4 Å². The molecule has 0 atom stereocenters. The summed E-state index contributed by atoms with van der Waals surface area (Å²) in [5.41, 5.74) is 6.99. The maximum Gasteiger partial charge on any atom is 0.339 e. The van der Waals surface area contributed by atoms with Crippen molar-refractivity contribution >= 4 is 12.1 Å². The van der Waals surface area contributed by atoms with Gasteiger partial charge in [0.2, 0.25) is 0 Å². The summed E-state index contributed by atoms with van der Waals surface area (Å²) in [6.07, 6.45) is 6.63. The molecule has 1 amide bonds. The van der Waals surface area contributed by atoms with Crippen LogP contribution in [0.5, 0.6) is 0 Å². The van der Waals surface area contributed by atoms with Crippen LogP contribution in [0.4, 0.5) is 13.6 Å². The Bertz CT molecular complexity index is 994. The molecule has 0 spiro atoms. The number of carbonyl (C=O) groups is 1. The highest BCUT2D eigenvalue weighted by molar-refractivity contribution is 5.76. The van der Waals surface area contributed by atoms with Crippen LogP contribution in [0.2, 0.25) is 0 Å². The number of nitrogens with two attached hydrogens (primary N) is 1. The Morgan fingerprint density at radius 1 is 1.12 bits per heavy atom. The van der Waals surface area contributed by atoms with Gasteiger partial charge in [0.25, 0.3) is 0 Å². The number of allylic oxidation sites excluding steroid dienone is 1. The zero-order chi connectivity index (χ0) is 18.3. The summed E-state index contributed by atoms with van der Waals surface area (Å²) in [5.74, 6) is -0.792. The number of hydrogen-bond acceptors (Lipinski definition) is 2. The highest BCUT2D eigenvalue weighted by atomic mass is 19.1. The molecule has 6 heteroatoms. The Morgan fingerprint density at radius 3 is 2.27 bits per heavy atom. The lowest BCUT2D eigenvalue weighted by Gasteiger charge is -2.34. The average Bonchev–Trinajstić information content (AvgIpc) is 3.04. The minimum atomic E-state index is -0.863. The molecule has 0 aliphatic heterocycles. The van der Waals surface area contributed by atoms with Gasteiger partial charge in [-0.15, -0.1) is 0 Å². The molecule has 1 aliphatic rings. The lowest BCUT2D eigenvalue weighted by atomic mass is 9.68. The maximum atomic E-state index is 13.9. The van der Waals surface area contributed by atoms with Crippen LogP contribution >= 0.6 is 0 Å². The summed E-state index contributed by atoms with van der Waals surface area (Å²) in [6.45, 7) is 0. The van der Waals surface area contributed by atoms with Gasteiger partial charge < -0.3 is 5.73 Å². The summed E-state index contributed by atoms with van der Waals surface area (Å²) >= 11 is 0. The van der Waals surface area contributed by atoms with Gasteiger partial charge in [-0.25, -0.2) is 13.6 Å². The predicted molar refractivity (Wildman–Crippen MR) is 92.4 cm³/mol. The van der Waals surface area contributed by atoms with E-state index in [1.54, 1.807) is 30.3 Å². The number of rotatable bonds is 2. The molecule has 26 heavy (non-hydrogen) atoms. The van der Waals surface area contributed by atoms with Crippen molar-refractivity contribution in [1.82, 2.24) is 9.78 Å². The second-order valence-electron chi connectivity index (χ2n) is 6.22. The first-order valence-electron chi connectivity index (χ1n) is 8.00. The van der Waals surface area contributed by atoms with Gasteiger partial charge in [0.05, 0.1) is 5.69 Å². The van der Waals surface area contributed by atoms with E-state index in [-0.39, 0.29) is 6.42 Å². The summed E-state index contributed by atoms with van der Waals surface area (Å²) in [7, 11) is 0. The van der Waals surface area contributed by atoms with Crippen LogP contribution in [0.3, 0.4) is 0 Å². The van der Waals surface area contributed by atoms with E-state index in [9.17, 15) is 13.6 Å². The first-order valence-corrected chi connectivity index (χ1v) is 8.00. The van der Waals surface area contributed by atoms with E-state index in [1.807, 2.05) is 6.08 Å². The van der Waals surface area contributed by atoms with E-state index < -0.39 is 23.1 Å². The number of amides is 1. The third kappa shape index (κ3) is 2.50. The van der Waals surface area contributed by atoms with Crippen LogP contribution in [0.25, 0.3) is 6.08 Å². The van der Waals surface area contributed by atoms with Gasteiger partial charge in [-0.05, 0) is 35.4 Å². The van der Waals surface area contributed by atoms with Crippen LogP contribution in [0.1, 0.15) is 22.4 Å². The normalized spacial score (nSPS) is 14.8. The first kappa shape index (κ1) is 16.2. The molecule has 4 rings (SSSR count). The van der Waals surface area contributed by atoms with E-state index in [2.05, 4.69) is 11.3 Å². The van der Waals surface area contributed by atoms with Crippen molar-refractivity contribution < 1.29 is 13.6 Å². The van der Waals surface area contributed by atoms with Crippen LogP contribution < -0.4 is 5.73 Å².